The smallest absolute Gasteiger partial charge is 0.267 e. The third-order valence-electron chi connectivity index (χ3n) is 5.27. The number of nitrogens with zero attached hydrogens (tertiary/aromatic N) is 3. The first-order valence-corrected chi connectivity index (χ1v) is 11.8. The van der Waals surface area contributed by atoms with Crippen molar-refractivity contribution in [1.29, 1.82) is 0 Å². The maximum Gasteiger partial charge on any atom is 0.267 e. The Balaban J connectivity index is 1.89. The summed E-state index contributed by atoms with van der Waals surface area (Å²) in [5, 5.41) is 1.57. The van der Waals surface area contributed by atoms with E-state index in [1.807, 2.05) is 24.3 Å². The number of thioether (sulfide) groups is 1. The molecule has 2 aromatic heterocycles. The van der Waals surface area contributed by atoms with Crippen LogP contribution in [0.15, 0.2) is 34.2 Å². The molecule has 154 valence electrons. The molecule has 0 amide bonds. The summed E-state index contributed by atoms with van der Waals surface area (Å²) >= 11 is 3.35. The van der Waals surface area contributed by atoms with E-state index in [9.17, 15) is 4.79 Å². The average Bonchev–Trinajstić information content (AvgIpc) is 3.05. The van der Waals surface area contributed by atoms with Gasteiger partial charge < -0.3 is 9.64 Å². The number of rotatable bonds is 6. The molecule has 0 bridgehead atoms. The standard InChI is InChI=1S/C22H27N3O2S2/c1-14(2)9-11-28-22-23-20-19(17-8-10-24(3)13-18(17)29-20)21(26)25(22)15-6-5-7-16(12-15)27-4/h5-7,12,14H,8-11,13H2,1-4H3. The highest BCUT2D eigenvalue weighted by Crippen LogP contribution is 2.34. The van der Waals surface area contributed by atoms with E-state index in [0.717, 1.165) is 58.5 Å². The van der Waals surface area contributed by atoms with Gasteiger partial charge in [0.15, 0.2) is 5.16 Å². The van der Waals surface area contributed by atoms with E-state index in [1.165, 1.54) is 10.4 Å². The molecule has 29 heavy (non-hydrogen) atoms. The van der Waals surface area contributed by atoms with Crippen molar-refractivity contribution in [1.82, 2.24) is 14.5 Å². The van der Waals surface area contributed by atoms with Crippen molar-refractivity contribution in [2.75, 3.05) is 26.5 Å². The Kier molecular flexibility index (Phi) is 5.99. The molecule has 1 aliphatic rings. The van der Waals surface area contributed by atoms with E-state index in [1.54, 1.807) is 34.8 Å². The van der Waals surface area contributed by atoms with Crippen molar-refractivity contribution in [2.45, 2.75) is 38.4 Å². The lowest BCUT2D eigenvalue weighted by atomic mass is 10.1. The molecular formula is C22H27N3O2S2. The number of thiophene rings is 1. The molecule has 4 rings (SSSR count). The lowest BCUT2D eigenvalue weighted by Gasteiger charge is -2.21. The van der Waals surface area contributed by atoms with Gasteiger partial charge in [0.25, 0.3) is 5.56 Å². The fourth-order valence-corrected chi connectivity index (χ4v) is 6.20. The fourth-order valence-electron chi connectivity index (χ4n) is 3.61. The number of hydrogen-bond donors (Lipinski definition) is 0. The van der Waals surface area contributed by atoms with E-state index < -0.39 is 0 Å². The number of benzene rings is 1. The molecule has 0 unspecified atom stereocenters. The normalized spacial score (nSPS) is 14.5. The van der Waals surface area contributed by atoms with Gasteiger partial charge in [0.1, 0.15) is 10.6 Å². The number of hydrogen-bond acceptors (Lipinski definition) is 6. The van der Waals surface area contributed by atoms with Crippen LogP contribution in [-0.2, 0) is 13.0 Å². The molecule has 0 N–H and O–H groups in total. The summed E-state index contributed by atoms with van der Waals surface area (Å²) in [4.78, 5) is 23.2. The summed E-state index contributed by atoms with van der Waals surface area (Å²) in [6.45, 7) is 6.30. The number of aromatic nitrogens is 2. The van der Waals surface area contributed by atoms with E-state index in [2.05, 4.69) is 25.8 Å². The molecule has 0 saturated heterocycles. The lowest BCUT2D eigenvalue weighted by molar-refractivity contribution is 0.318. The topological polar surface area (TPSA) is 47.4 Å². The Hall–Kier alpha value is -1.83. The number of ether oxygens (including phenoxy) is 1. The zero-order chi connectivity index (χ0) is 20.5. The zero-order valence-corrected chi connectivity index (χ0v) is 19.0. The second-order valence-electron chi connectivity index (χ2n) is 7.94. The van der Waals surface area contributed by atoms with Crippen LogP contribution in [0.5, 0.6) is 5.75 Å². The maximum atomic E-state index is 13.7. The Morgan fingerprint density at radius 2 is 2.17 bits per heavy atom. The lowest BCUT2D eigenvalue weighted by Crippen LogP contribution is -2.27. The predicted octanol–water partition coefficient (Wildman–Crippen LogP) is 4.58. The third-order valence-corrected chi connectivity index (χ3v) is 7.36. The van der Waals surface area contributed by atoms with Crippen LogP contribution in [0.25, 0.3) is 15.9 Å². The van der Waals surface area contributed by atoms with Crippen molar-refractivity contribution in [2.24, 2.45) is 5.92 Å². The minimum absolute atomic E-state index is 0.0392. The molecule has 0 spiro atoms. The summed E-state index contributed by atoms with van der Waals surface area (Å²) in [7, 11) is 3.77. The molecule has 3 heterocycles. The second kappa shape index (κ2) is 8.50. The molecule has 3 aromatic rings. The van der Waals surface area contributed by atoms with Crippen molar-refractivity contribution in [3.8, 4) is 11.4 Å². The summed E-state index contributed by atoms with van der Waals surface area (Å²) < 4.78 is 7.18. The quantitative estimate of drug-likeness (QED) is 0.424. The number of methoxy groups -OCH3 is 1. The maximum absolute atomic E-state index is 13.7. The summed E-state index contributed by atoms with van der Waals surface area (Å²) in [5.41, 5.74) is 2.04. The molecular weight excluding hydrogens is 402 g/mol. The highest BCUT2D eigenvalue weighted by Gasteiger charge is 2.24. The average molecular weight is 430 g/mol. The van der Waals surface area contributed by atoms with Crippen LogP contribution < -0.4 is 10.3 Å². The van der Waals surface area contributed by atoms with Gasteiger partial charge in [0.05, 0.1) is 18.2 Å². The van der Waals surface area contributed by atoms with Gasteiger partial charge in [-0.25, -0.2) is 4.98 Å². The molecule has 0 radical (unpaired) electrons. The first-order chi connectivity index (χ1) is 14.0. The Morgan fingerprint density at radius 3 is 2.93 bits per heavy atom. The molecule has 0 atom stereocenters. The van der Waals surface area contributed by atoms with Crippen LogP contribution in [0.3, 0.4) is 0 Å². The monoisotopic (exact) mass is 429 g/mol. The summed E-state index contributed by atoms with van der Waals surface area (Å²) in [6.07, 6.45) is 1.99. The van der Waals surface area contributed by atoms with Gasteiger partial charge in [-0.05, 0) is 43.5 Å². The predicted molar refractivity (Wildman–Crippen MR) is 122 cm³/mol. The number of likely N-dealkylation sites (N-methyl/N-ethyl adjacent to an activating group) is 1. The van der Waals surface area contributed by atoms with Gasteiger partial charge in [-0.1, -0.05) is 31.7 Å². The van der Waals surface area contributed by atoms with E-state index in [4.69, 9.17) is 9.72 Å². The Labute approximate surface area is 179 Å². The minimum Gasteiger partial charge on any atom is -0.497 e. The molecule has 0 saturated carbocycles. The third kappa shape index (κ3) is 4.09. The number of fused-ring (bicyclic) bond motifs is 3. The molecule has 1 aromatic carbocycles. The molecule has 0 aliphatic carbocycles. The van der Waals surface area contributed by atoms with Crippen molar-refractivity contribution in [3.63, 3.8) is 0 Å². The minimum atomic E-state index is 0.0392. The summed E-state index contributed by atoms with van der Waals surface area (Å²) in [5.74, 6) is 2.29. The molecule has 5 nitrogen and oxygen atoms in total. The molecule has 7 heteroatoms. The fraction of sp³-hybridized carbons (Fsp3) is 0.455. The summed E-state index contributed by atoms with van der Waals surface area (Å²) in [6, 6.07) is 7.68. The van der Waals surface area contributed by atoms with Crippen LogP contribution in [0.2, 0.25) is 0 Å². The highest BCUT2D eigenvalue weighted by atomic mass is 32.2. The highest BCUT2D eigenvalue weighted by molar-refractivity contribution is 7.99. The van der Waals surface area contributed by atoms with Crippen LogP contribution in [0, 0.1) is 5.92 Å². The largest absolute Gasteiger partial charge is 0.497 e. The van der Waals surface area contributed by atoms with E-state index >= 15 is 0 Å². The van der Waals surface area contributed by atoms with Crippen molar-refractivity contribution >= 4 is 33.3 Å². The second-order valence-corrected chi connectivity index (χ2v) is 10.1. The van der Waals surface area contributed by atoms with Crippen molar-refractivity contribution in [3.05, 3.63) is 45.1 Å². The van der Waals surface area contributed by atoms with E-state index in [0.29, 0.717) is 5.92 Å². The van der Waals surface area contributed by atoms with Crippen molar-refractivity contribution < 1.29 is 4.74 Å². The first kappa shape index (κ1) is 20.4. The van der Waals surface area contributed by atoms with Crippen LogP contribution >= 0.6 is 23.1 Å². The SMILES string of the molecule is COc1cccc(-n2c(SCCC(C)C)nc3sc4c(c3c2=O)CCN(C)C4)c1. The van der Waals surface area contributed by atoms with Gasteiger partial charge in [-0.3, -0.25) is 9.36 Å². The van der Waals surface area contributed by atoms with Gasteiger partial charge in [0.2, 0.25) is 0 Å². The van der Waals surface area contributed by atoms with Crippen LogP contribution in [0.4, 0.5) is 0 Å². The van der Waals surface area contributed by atoms with Gasteiger partial charge in [-0.15, -0.1) is 11.3 Å². The first-order valence-electron chi connectivity index (χ1n) is 10.0. The zero-order valence-electron chi connectivity index (χ0n) is 17.4. The Morgan fingerprint density at radius 1 is 1.34 bits per heavy atom. The molecule has 1 aliphatic heterocycles. The van der Waals surface area contributed by atoms with Gasteiger partial charge >= 0.3 is 0 Å². The molecule has 0 fully saturated rings. The van der Waals surface area contributed by atoms with E-state index in [-0.39, 0.29) is 5.56 Å². The van der Waals surface area contributed by atoms with Crippen LogP contribution in [-0.4, -0.2) is 40.9 Å². The van der Waals surface area contributed by atoms with Crippen LogP contribution in [0.1, 0.15) is 30.7 Å². The van der Waals surface area contributed by atoms with Gasteiger partial charge in [-0.2, -0.15) is 0 Å². The van der Waals surface area contributed by atoms with Gasteiger partial charge in [0, 0.05) is 29.8 Å². The Bertz CT molecular complexity index is 1090.